The van der Waals surface area contributed by atoms with Gasteiger partial charge in [-0.1, -0.05) is 6.07 Å². The first-order chi connectivity index (χ1) is 9.48. The second kappa shape index (κ2) is 4.49. The van der Waals surface area contributed by atoms with Gasteiger partial charge >= 0.3 is 0 Å². The van der Waals surface area contributed by atoms with E-state index in [0.717, 1.165) is 16.7 Å². The zero-order valence-electron chi connectivity index (χ0n) is 11.3. The second-order valence-electron chi connectivity index (χ2n) is 5.35. The van der Waals surface area contributed by atoms with Crippen molar-refractivity contribution in [3.63, 3.8) is 0 Å². The highest BCUT2D eigenvalue weighted by molar-refractivity contribution is 5.83. The molecule has 2 heterocycles. The Kier molecular flexibility index (Phi) is 2.90. The summed E-state index contributed by atoms with van der Waals surface area (Å²) in [5.74, 6) is -0.662. The summed E-state index contributed by atoms with van der Waals surface area (Å²) in [4.78, 5) is 17.6. The zero-order chi connectivity index (χ0) is 14.3. The molecule has 3 rings (SSSR count). The first kappa shape index (κ1) is 12.9. The Morgan fingerprint density at radius 1 is 1.45 bits per heavy atom. The number of aromatic nitrogens is 1. The van der Waals surface area contributed by atoms with Crippen molar-refractivity contribution in [2.45, 2.75) is 25.4 Å². The predicted molar refractivity (Wildman–Crippen MR) is 74.3 cm³/mol. The molecule has 1 aromatic heterocycles. The van der Waals surface area contributed by atoms with Crippen LogP contribution in [-0.4, -0.2) is 34.7 Å². The van der Waals surface area contributed by atoms with E-state index in [9.17, 15) is 9.90 Å². The van der Waals surface area contributed by atoms with Crippen molar-refractivity contribution >= 4 is 23.0 Å². The fraction of sp³-hybridized carbons (Fsp3) is 0.429. The van der Waals surface area contributed by atoms with Crippen LogP contribution in [0.25, 0.3) is 11.1 Å². The van der Waals surface area contributed by atoms with Crippen molar-refractivity contribution in [2.75, 3.05) is 18.0 Å². The van der Waals surface area contributed by atoms with Gasteiger partial charge in [0.2, 0.25) is 5.91 Å². The molecule has 0 atom stereocenters. The van der Waals surface area contributed by atoms with Gasteiger partial charge in [-0.3, -0.25) is 4.79 Å². The fourth-order valence-corrected chi connectivity index (χ4v) is 2.47. The molecule has 1 aromatic carbocycles. The van der Waals surface area contributed by atoms with Crippen LogP contribution < -0.4 is 10.6 Å². The van der Waals surface area contributed by atoms with Gasteiger partial charge in [-0.05, 0) is 24.6 Å². The molecule has 20 heavy (non-hydrogen) atoms. The number of hydrogen-bond acceptors (Lipinski definition) is 5. The van der Waals surface area contributed by atoms with Gasteiger partial charge in [-0.25, -0.2) is 0 Å². The number of benzene rings is 1. The highest BCUT2D eigenvalue weighted by atomic mass is 16.4. The molecule has 3 N–H and O–H groups in total. The Balaban J connectivity index is 1.81. The van der Waals surface area contributed by atoms with Crippen LogP contribution in [0.4, 0.5) is 6.01 Å². The van der Waals surface area contributed by atoms with Crippen LogP contribution in [0.2, 0.25) is 0 Å². The number of hydrogen-bond donors (Lipinski definition) is 2. The topological polar surface area (TPSA) is 92.6 Å². The molecule has 1 aliphatic rings. The lowest BCUT2D eigenvalue weighted by Gasteiger charge is -2.35. The molecule has 1 amide bonds. The van der Waals surface area contributed by atoms with Gasteiger partial charge in [0.1, 0.15) is 11.1 Å². The molecule has 6 heteroatoms. The lowest BCUT2D eigenvalue weighted by atomic mass is 9.91. The molecule has 0 unspecified atom stereocenters. The number of carbonyl (C=O) groups is 1. The van der Waals surface area contributed by atoms with Crippen LogP contribution in [-0.2, 0) is 4.79 Å². The summed E-state index contributed by atoms with van der Waals surface area (Å²) in [7, 11) is 0. The van der Waals surface area contributed by atoms with E-state index in [-0.39, 0.29) is 0 Å². The molecule has 0 saturated carbocycles. The largest absolute Gasteiger partial charge is 0.423 e. The number of nitrogens with zero attached hydrogens (tertiary/aromatic N) is 2. The average molecular weight is 275 g/mol. The highest BCUT2D eigenvalue weighted by Gasteiger charge is 2.38. The lowest BCUT2D eigenvalue weighted by Crippen LogP contribution is -2.52. The van der Waals surface area contributed by atoms with E-state index >= 15 is 0 Å². The molecule has 0 spiro atoms. The van der Waals surface area contributed by atoms with Crippen LogP contribution in [0.5, 0.6) is 0 Å². The Hall–Kier alpha value is -2.08. The van der Waals surface area contributed by atoms with E-state index in [2.05, 4.69) is 4.98 Å². The van der Waals surface area contributed by atoms with Crippen molar-refractivity contribution in [3.8, 4) is 0 Å². The maximum atomic E-state index is 11.2. The molecular weight excluding hydrogens is 258 g/mol. The van der Waals surface area contributed by atoms with Gasteiger partial charge in [-0.2, -0.15) is 4.98 Å². The molecule has 1 saturated heterocycles. The van der Waals surface area contributed by atoms with Crippen molar-refractivity contribution < 1.29 is 14.3 Å². The number of oxazole rings is 1. The average Bonchev–Trinajstić information content (AvgIpc) is 2.82. The number of fused-ring (bicyclic) bond motifs is 1. The molecular formula is C14H17N3O3. The third-order valence-corrected chi connectivity index (χ3v) is 3.85. The predicted octanol–water partition coefficient (Wildman–Crippen LogP) is 0.953. The Labute approximate surface area is 116 Å². The molecule has 0 radical (unpaired) electrons. The molecule has 6 nitrogen and oxygen atoms in total. The number of primary amides is 1. The van der Waals surface area contributed by atoms with Crippen LogP contribution in [0.1, 0.15) is 18.4 Å². The summed E-state index contributed by atoms with van der Waals surface area (Å²) in [6.07, 6.45) is 0.584. The number of rotatable bonds is 2. The van der Waals surface area contributed by atoms with Crippen LogP contribution >= 0.6 is 0 Å². The van der Waals surface area contributed by atoms with Crippen molar-refractivity contribution in [2.24, 2.45) is 5.73 Å². The third kappa shape index (κ3) is 2.12. The van der Waals surface area contributed by atoms with Crippen LogP contribution in [0, 0.1) is 6.92 Å². The highest BCUT2D eigenvalue weighted by Crippen LogP contribution is 2.28. The number of aliphatic hydroxyl groups is 1. The Morgan fingerprint density at radius 2 is 2.15 bits per heavy atom. The van der Waals surface area contributed by atoms with Gasteiger partial charge in [0, 0.05) is 25.9 Å². The van der Waals surface area contributed by atoms with E-state index < -0.39 is 11.5 Å². The Bertz CT molecular complexity index is 657. The summed E-state index contributed by atoms with van der Waals surface area (Å²) in [6, 6.07) is 6.35. The molecule has 0 aliphatic carbocycles. The normalized spacial score (nSPS) is 18.4. The summed E-state index contributed by atoms with van der Waals surface area (Å²) < 4.78 is 5.71. The number of piperidine rings is 1. The van der Waals surface area contributed by atoms with E-state index in [4.69, 9.17) is 10.2 Å². The molecule has 1 aliphatic heterocycles. The van der Waals surface area contributed by atoms with E-state index in [1.165, 1.54) is 0 Å². The minimum atomic E-state index is -1.40. The minimum Gasteiger partial charge on any atom is -0.423 e. The van der Waals surface area contributed by atoms with Gasteiger partial charge in [0.15, 0.2) is 5.58 Å². The second-order valence-corrected chi connectivity index (χ2v) is 5.35. The third-order valence-electron chi connectivity index (χ3n) is 3.85. The summed E-state index contributed by atoms with van der Waals surface area (Å²) in [5, 5.41) is 10.0. The zero-order valence-corrected chi connectivity index (χ0v) is 11.3. The van der Waals surface area contributed by atoms with Gasteiger partial charge in [0.05, 0.1) is 0 Å². The van der Waals surface area contributed by atoms with Crippen molar-refractivity contribution in [3.05, 3.63) is 23.8 Å². The first-order valence-corrected chi connectivity index (χ1v) is 6.62. The summed E-state index contributed by atoms with van der Waals surface area (Å²) in [5.41, 5.74) is 6.49. The van der Waals surface area contributed by atoms with Gasteiger partial charge in [-0.15, -0.1) is 0 Å². The standard InChI is InChI=1S/C14H17N3O3/c1-9-2-3-11-10(8-9)16-13(20-11)17-6-4-14(19,5-7-17)12(15)18/h2-3,8,19H,4-7H2,1H3,(H2,15,18). The summed E-state index contributed by atoms with van der Waals surface area (Å²) >= 11 is 0. The smallest absolute Gasteiger partial charge is 0.298 e. The minimum absolute atomic E-state index is 0.292. The van der Waals surface area contributed by atoms with E-state index in [1.807, 2.05) is 30.0 Å². The number of nitrogens with two attached hydrogens (primary N) is 1. The summed E-state index contributed by atoms with van der Waals surface area (Å²) in [6.45, 7) is 2.98. The molecule has 0 bridgehead atoms. The lowest BCUT2D eigenvalue weighted by molar-refractivity contribution is -0.138. The SMILES string of the molecule is Cc1ccc2oc(N3CCC(O)(C(N)=O)CC3)nc2c1. The maximum Gasteiger partial charge on any atom is 0.298 e. The monoisotopic (exact) mass is 275 g/mol. The van der Waals surface area contributed by atoms with E-state index in [1.54, 1.807) is 0 Å². The maximum absolute atomic E-state index is 11.2. The molecule has 1 fully saturated rings. The fourth-order valence-electron chi connectivity index (χ4n) is 2.47. The number of aryl methyl sites for hydroxylation is 1. The van der Waals surface area contributed by atoms with Crippen LogP contribution in [0.3, 0.4) is 0 Å². The van der Waals surface area contributed by atoms with E-state index in [0.29, 0.717) is 31.9 Å². The molecule has 2 aromatic rings. The van der Waals surface area contributed by atoms with Crippen molar-refractivity contribution in [1.29, 1.82) is 0 Å². The number of anilines is 1. The first-order valence-electron chi connectivity index (χ1n) is 6.62. The van der Waals surface area contributed by atoms with Gasteiger partial charge in [0.25, 0.3) is 6.01 Å². The van der Waals surface area contributed by atoms with Crippen molar-refractivity contribution in [1.82, 2.24) is 4.98 Å². The quantitative estimate of drug-likeness (QED) is 0.851. The van der Waals surface area contributed by atoms with Gasteiger partial charge < -0.3 is 20.2 Å². The number of carbonyl (C=O) groups excluding carboxylic acids is 1. The Morgan fingerprint density at radius 3 is 2.80 bits per heavy atom. The molecule has 106 valence electrons. The number of amides is 1. The van der Waals surface area contributed by atoms with Crippen LogP contribution in [0.15, 0.2) is 22.6 Å².